The van der Waals surface area contributed by atoms with Crippen LogP contribution in [0.3, 0.4) is 0 Å². The van der Waals surface area contributed by atoms with Gasteiger partial charge in [0, 0.05) is 11.0 Å². The highest BCUT2D eigenvalue weighted by Gasteiger charge is 2.06. The summed E-state index contributed by atoms with van der Waals surface area (Å²) >= 11 is 15.3. The molecule has 0 aromatic heterocycles. The topological polar surface area (TPSA) is 41.5 Å². The Morgan fingerprint density at radius 1 is 1.25 bits per heavy atom. The SMILES string of the molecule is OCCOCCNc1c(Cl)cc(Br)cc1Cl. The molecule has 1 aromatic rings. The lowest BCUT2D eigenvalue weighted by molar-refractivity contribution is 0.0992. The van der Waals surface area contributed by atoms with Crippen molar-refractivity contribution in [3.8, 4) is 0 Å². The molecule has 0 aliphatic carbocycles. The van der Waals surface area contributed by atoms with Gasteiger partial charge in [-0.3, -0.25) is 0 Å². The van der Waals surface area contributed by atoms with Crippen LogP contribution < -0.4 is 5.32 Å². The fraction of sp³-hybridized carbons (Fsp3) is 0.400. The summed E-state index contributed by atoms with van der Waals surface area (Å²) in [6, 6.07) is 3.54. The second kappa shape index (κ2) is 7.35. The Morgan fingerprint density at radius 3 is 2.44 bits per heavy atom. The molecule has 3 nitrogen and oxygen atoms in total. The summed E-state index contributed by atoms with van der Waals surface area (Å²) in [4.78, 5) is 0. The van der Waals surface area contributed by atoms with E-state index in [9.17, 15) is 0 Å². The van der Waals surface area contributed by atoms with E-state index in [4.69, 9.17) is 33.0 Å². The Labute approximate surface area is 113 Å². The number of hydrogen-bond donors (Lipinski definition) is 2. The summed E-state index contributed by atoms with van der Waals surface area (Å²) in [7, 11) is 0. The lowest BCUT2D eigenvalue weighted by Crippen LogP contribution is -2.11. The van der Waals surface area contributed by atoms with E-state index in [1.54, 1.807) is 12.1 Å². The maximum Gasteiger partial charge on any atom is 0.0720 e. The second-order valence-electron chi connectivity index (χ2n) is 3.01. The third kappa shape index (κ3) is 4.47. The third-order valence-corrected chi connectivity index (χ3v) is 2.84. The van der Waals surface area contributed by atoms with Crippen molar-refractivity contribution >= 4 is 44.8 Å². The smallest absolute Gasteiger partial charge is 0.0720 e. The number of halogens is 3. The van der Waals surface area contributed by atoms with Crippen molar-refractivity contribution in [2.75, 3.05) is 31.7 Å². The van der Waals surface area contributed by atoms with Gasteiger partial charge in [-0.15, -0.1) is 0 Å². The fourth-order valence-electron chi connectivity index (χ4n) is 1.13. The van der Waals surface area contributed by atoms with Crippen molar-refractivity contribution in [2.24, 2.45) is 0 Å². The fourth-order valence-corrected chi connectivity index (χ4v) is 2.47. The highest BCUT2D eigenvalue weighted by molar-refractivity contribution is 9.10. The molecule has 90 valence electrons. The molecule has 0 radical (unpaired) electrons. The monoisotopic (exact) mass is 327 g/mol. The minimum atomic E-state index is 0.0276. The molecule has 1 rings (SSSR count). The van der Waals surface area contributed by atoms with Gasteiger partial charge in [-0.05, 0) is 12.1 Å². The van der Waals surface area contributed by atoms with Gasteiger partial charge >= 0.3 is 0 Å². The summed E-state index contributed by atoms with van der Waals surface area (Å²) < 4.78 is 5.94. The first-order valence-electron chi connectivity index (χ1n) is 4.72. The van der Waals surface area contributed by atoms with Crippen molar-refractivity contribution in [2.45, 2.75) is 0 Å². The van der Waals surface area contributed by atoms with E-state index in [-0.39, 0.29) is 6.61 Å². The van der Waals surface area contributed by atoms with Crippen molar-refractivity contribution in [1.29, 1.82) is 0 Å². The number of benzene rings is 1. The Hall–Kier alpha value is -0.0000000000000000555. The zero-order valence-electron chi connectivity index (χ0n) is 8.47. The number of anilines is 1. The van der Waals surface area contributed by atoms with Gasteiger partial charge < -0.3 is 15.2 Å². The van der Waals surface area contributed by atoms with E-state index in [1.807, 2.05) is 0 Å². The minimum Gasteiger partial charge on any atom is -0.394 e. The molecule has 0 saturated carbocycles. The molecule has 0 heterocycles. The molecule has 0 fully saturated rings. The predicted octanol–water partition coefficient (Wildman–Crippen LogP) is 3.18. The summed E-state index contributed by atoms with van der Waals surface area (Å²) in [5, 5.41) is 12.7. The van der Waals surface area contributed by atoms with Crippen molar-refractivity contribution in [3.63, 3.8) is 0 Å². The summed E-state index contributed by atoms with van der Waals surface area (Å²) in [6.45, 7) is 1.44. The van der Waals surface area contributed by atoms with E-state index in [1.165, 1.54) is 0 Å². The molecule has 0 aliphatic heterocycles. The Kier molecular flexibility index (Phi) is 6.46. The highest BCUT2D eigenvalue weighted by atomic mass is 79.9. The third-order valence-electron chi connectivity index (χ3n) is 1.79. The van der Waals surface area contributed by atoms with Gasteiger partial charge in [0.25, 0.3) is 0 Å². The summed E-state index contributed by atoms with van der Waals surface area (Å²) in [6.07, 6.45) is 0. The lowest BCUT2D eigenvalue weighted by Gasteiger charge is -2.10. The minimum absolute atomic E-state index is 0.0276. The van der Waals surface area contributed by atoms with Crippen LogP contribution in [-0.2, 0) is 4.74 Å². The molecule has 0 bridgehead atoms. The largest absolute Gasteiger partial charge is 0.394 e. The van der Waals surface area contributed by atoms with Crippen LogP contribution in [0.4, 0.5) is 5.69 Å². The number of hydrogen-bond acceptors (Lipinski definition) is 3. The first-order chi connectivity index (χ1) is 7.65. The molecular weight excluding hydrogens is 317 g/mol. The Bertz CT molecular complexity index is 327. The quantitative estimate of drug-likeness (QED) is 0.788. The van der Waals surface area contributed by atoms with Crippen molar-refractivity contribution in [3.05, 3.63) is 26.7 Å². The van der Waals surface area contributed by atoms with Crippen molar-refractivity contribution in [1.82, 2.24) is 0 Å². The van der Waals surface area contributed by atoms with Gasteiger partial charge in [0.2, 0.25) is 0 Å². The second-order valence-corrected chi connectivity index (χ2v) is 4.74. The average Bonchev–Trinajstić information content (AvgIpc) is 2.20. The van der Waals surface area contributed by atoms with Gasteiger partial charge in [0.15, 0.2) is 0 Å². The molecule has 0 saturated heterocycles. The number of nitrogens with one attached hydrogen (secondary N) is 1. The van der Waals surface area contributed by atoms with Crippen LogP contribution >= 0.6 is 39.1 Å². The molecule has 0 spiro atoms. The van der Waals surface area contributed by atoms with Crippen LogP contribution in [0.15, 0.2) is 16.6 Å². The highest BCUT2D eigenvalue weighted by Crippen LogP contribution is 2.33. The van der Waals surface area contributed by atoms with Gasteiger partial charge in [-0.1, -0.05) is 39.1 Å². The van der Waals surface area contributed by atoms with Gasteiger partial charge in [0.05, 0.1) is 35.6 Å². The first kappa shape index (κ1) is 14.1. The molecule has 6 heteroatoms. The van der Waals surface area contributed by atoms with E-state index in [0.29, 0.717) is 35.5 Å². The number of aliphatic hydroxyl groups excluding tert-OH is 1. The molecule has 0 amide bonds. The summed E-state index contributed by atoms with van der Waals surface area (Å²) in [5.41, 5.74) is 0.694. The zero-order chi connectivity index (χ0) is 12.0. The average molecular weight is 329 g/mol. The normalized spacial score (nSPS) is 10.5. The molecule has 0 atom stereocenters. The van der Waals surface area contributed by atoms with Crippen LogP contribution in [0.1, 0.15) is 0 Å². The maximum absolute atomic E-state index is 8.51. The standard InChI is InChI=1S/C10H12BrCl2NO2/c11-7-5-8(12)10(9(13)6-7)14-1-3-16-4-2-15/h5-6,14-15H,1-4H2. The Balaban J connectivity index is 2.47. The predicted molar refractivity (Wildman–Crippen MR) is 70.6 cm³/mol. The molecule has 0 unspecified atom stereocenters. The molecule has 0 aliphatic rings. The molecule has 1 aromatic carbocycles. The van der Waals surface area contributed by atoms with Crippen LogP contribution in [0.2, 0.25) is 10.0 Å². The van der Waals surface area contributed by atoms with Crippen LogP contribution in [0, 0.1) is 0 Å². The number of ether oxygens (including phenoxy) is 1. The molecule has 16 heavy (non-hydrogen) atoms. The van der Waals surface area contributed by atoms with Gasteiger partial charge in [0.1, 0.15) is 0 Å². The van der Waals surface area contributed by atoms with Crippen LogP contribution in [0.5, 0.6) is 0 Å². The lowest BCUT2D eigenvalue weighted by atomic mass is 10.3. The zero-order valence-corrected chi connectivity index (χ0v) is 11.6. The van der Waals surface area contributed by atoms with E-state index in [2.05, 4.69) is 21.2 Å². The summed E-state index contributed by atoms with van der Waals surface area (Å²) in [5.74, 6) is 0. The number of aliphatic hydroxyl groups is 1. The van der Waals surface area contributed by atoms with E-state index >= 15 is 0 Å². The first-order valence-corrected chi connectivity index (χ1v) is 6.27. The Morgan fingerprint density at radius 2 is 1.88 bits per heavy atom. The van der Waals surface area contributed by atoms with Gasteiger partial charge in [-0.25, -0.2) is 0 Å². The van der Waals surface area contributed by atoms with E-state index < -0.39 is 0 Å². The number of rotatable bonds is 6. The van der Waals surface area contributed by atoms with Crippen LogP contribution in [-0.4, -0.2) is 31.5 Å². The van der Waals surface area contributed by atoms with E-state index in [0.717, 1.165) is 4.47 Å². The van der Waals surface area contributed by atoms with Crippen molar-refractivity contribution < 1.29 is 9.84 Å². The molecule has 2 N–H and O–H groups in total. The van der Waals surface area contributed by atoms with Crippen LogP contribution in [0.25, 0.3) is 0 Å². The molecular formula is C10H12BrCl2NO2. The maximum atomic E-state index is 8.51. The van der Waals surface area contributed by atoms with Gasteiger partial charge in [-0.2, -0.15) is 0 Å².